The molecule has 0 heterocycles. The molecule has 0 saturated carbocycles. The Bertz CT molecular complexity index is 1110. The van der Waals surface area contributed by atoms with Crippen molar-refractivity contribution in [3.8, 4) is 16.9 Å². The zero-order valence-electron chi connectivity index (χ0n) is 14.3. The van der Waals surface area contributed by atoms with Gasteiger partial charge in [-0.1, -0.05) is 30.3 Å². The highest BCUT2D eigenvalue weighted by Gasteiger charge is 2.17. The van der Waals surface area contributed by atoms with Crippen molar-refractivity contribution < 1.29 is 12.6 Å². The van der Waals surface area contributed by atoms with Crippen molar-refractivity contribution in [3.05, 3.63) is 60.2 Å². The lowest BCUT2D eigenvalue weighted by atomic mass is 9.99. The molecule has 0 unspecified atom stereocenters. The quantitative estimate of drug-likeness (QED) is 0.301. The number of rotatable bonds is 5. The third kappa shape index (κ3) is 3.68. The first kappa shape index (κ1) is 18.3. The molecule has 0 spiro atoms. The van der Waals surface area contributed by atoms with Crippen molar-refractivity contribution in [3.63, 3.8) is 0 Å². The van der Waals surface area contributed by atoms with E-state index in [0.717, 1.165) is 27.7 Å². The molecule has 5 nitrogen and oxygen atoms in total. The highest BCUT2D eigenvalue weighted by molar-refractivity contribution is 7.98. The number of nitrogens with two attached hydrogens (primary N) is 1. The monoisotopic (exact) mass is 386 g/mol. The Morgan fingerprint density at radius 3 is 2.50 bits per heavy atom. The predicted octanol–water partition coefficient (Wildman–Crippen LogP) is 3.85. The Hall–Kier alpha value is -2.51. The van der Waals surface area contributed by atoms with Crippen LogP contribution in [0.2, 0.25) is 0 Å². The standard InChI is InChI=1S/C19H18N2O3S2/c1-25-17-6-4-3-5-14(17)12-7-9-15-13(11-12)8-10-16(19(20)21)18(15)24-26(2,22)23/h3-11H,1-2H3,(H3,20,21). The molecule has 0 amide bonds. The van der Waals surface area contributed by atoms with Crippen LogP contribution in [0.1, 0.15) is 5.56 Å². The molecule has 0 atom stereocenters. The maximum absolute atomic E-state index is 11.7. The van der Waals surface area contributed by atoms with Gasteiger partial charge in [0, 0.05) is 10.3 Å². The van der Waals surface area contributed by atoms with E-state index in [0.29, 0.717) is 5.39 Å². The van der Waals surface area contributed by atoms with Gasteiger partial charge in [-0.3, -0.25) is 5.41 Å². The van der Waals surface area contributed by atoms with Crippen molar-refractivity contribution >= 4 is 38.5 Å². The molecule has 26 heavy (non-hydrogen) atoms. The minimum atomic E-state index is -3.75. The van der Waals surface area contributed by atoms with Crippen LogP contribution in [-0.2, 0) is 10.1 Å². The summed E-state index contributed by atoms with van der Waals surface area (Å²) in [6, 6.07) is 17.2. The molecule has 0 fully saturated rings. The summed E-state index contributed by atoms with van der Waals surface area (Å²) in [5.41, 5.74) is 7.96. The molecule has 0 saturated heterocycles. The number of hydrogen-bond donors (Lipinski definition) is 2. The zero-order chi connectivity index (χ0) is 18.9. The summed E-state index contributed by atoms with van der Waals surface area (Å²) in [6.07, 6.45) is 3.00. The van der Waals surface area contributed by atoms with Crippen molar-refractivity contribution in [2.45, 2.75) is 4.90 Å². The number of thioether (sulfide) groups is 1. The molecule has 3 rings (SSSR count). The van der Waals surface area contributed by atoms with Crippen molar-refractivity contribution in [1.29, 1.82) is 5.41 Å². The Kier molecular flexibility index (Phi) is 4.93. The van der Waals surface area contributed by atoms with E-state index in [4.69, 9.17) is 15.3 Å². The Morgan fingerprint density at radius 1 is 1.12 bits per heavy atom. The van der Waals surface area contributed by atoms with Gasteiger partial charge in [-0.05, 0) is 47.0 Å². The van der Waals surface area contributed by atoms with Crippen molar-refractivity contribution in [2.24, 2.45) is 5.73 Å². The molecule has 0 aliphatic carbocycles. The maximum atomic E-state index is 11.7. The molecular weight excluding hydrogens is 368 g/mol. The molecule has 0 aromatic heterocycles. The summed E-state index contributed by atoms with van der Waals surface area (Å²) < 4.78 is 28.5. The number of benzene rings is 3. The van der Waals surface area contributed by atoms with E-state index >= 15 is 0 Å². The largest absolute Gasteiger partial charge is 0.384 e. The second kappa shape index (κ2) is 7.01. The lowest BCUT2D eigenvalue weighted by Gasteiger charge is -2.14. The van der Waals surface area contributed by atoms with Crippen LogP contribution in [-0.4, -0.2) is 26.8 Å². The number of amidine groups is 1. The number of fused-ring (bicyclic) bond motifs is 1. The normalized spacial score (nSPS) is 11.5. The minimum absolute atomic E-state index is 0.0854. The molecule has 0 radical (unpaired) electrons. The molecular formula is C19H18N2O3S2. The summed E-state index contributed by atoms with van der Waals surface area (Å²) >= 11 is 1.66. The van der Waals surface area contributed by atoms with Gasteiger partial charge in [0.05, 0.1) is 11.8 Å². The lowest BCUT2D eigenvalue weighted by molar-refractivity contribution is 0.495. The summed E-state index contributed by atoms with van der Waals surface area (Å²) in [6.45, 7) is 0. The Balaban J connectivity index is 2.23. The summed E-state index contributed by atoms with van der Waals surface area (Å²) in [5, 5.41) is 9.09. The second-order valence-corrected chi connectivity index (χ2v) is 8.20. The first-order valence-corrected chi connectivity index (χ1v) is 10.8. The van der Waals surface area contributed by atoms with Crippen LogP contribution in [0.3, 0.4) is 0 Å². The maximum Gasteiger partial charge on any atom is 0.306 e. The van der Waals surface area contributed by atoms with Crippen LogP contribution in [0.15, 0.2) is 59.5 Å². The van der Waals surface area contributed by atoms with Gasteiger partial charge in [-0.15, -0.1) is 11.8 Å². The Morgan fingerprint density at radius 2 is 1.85 bits per heavy atom. The van der Waals surface area contributed by atoms with Crippen LogP contribution in [0.25, 0.3) is 21.9 Å². The van der Waals surface area contributed by atoms with Crippen molar-refractivity contribution in [2.75, 3.05) is 12.5 Å². The summed E-state index contributed by atoms with van der Waals surface area (Å²) in [5.74, 6) is -0.162. The Labute approximate surface area is 156 Å². The van der Waals surface area contributed by atoms with E-state index in [2.05, 4.69) is 6.07 Å². The highest BCUT2D eigenvalue weighted by Crippen LogP contribution is 2.36. The van der Waals surface area contributed by atoms with Gasteiger partial charge >= 0.3 is 10.1 Å². The molecule has 3 aromatic rings. The number of nitrogens with one attached hydrogen (secondary N) is 1. The van der Waals surface area contributed by atoms with Gasteiger partial charge in [0.2, 0.25) is 0 Å². The molecule has 0 bridgehead atoms. The molecule has 134 valence electrons. The van der Waals surface area contributed by atoms with Crippen LogP contribution < -0.4 is 9.92 Å². The zero-order valence-corrected chi connectivity index (χ0v) is 15.9. The molecule has 7 heteroatoms. The highest BCUT2D eigenvalue weighted by atomic mass is 32.2. The van der Waals surface area contributed by atoms with Crippen LogP contribution in [0.4, 0.5) is 0 Å². The molecule has 0 aliphatic heterocycles. The van der Waals surface area contributed by atoms with Gasteiger partial charge in [0.25, 0.3) is 0 Å². The molecule has 3 N–H and O–H groups in total. The van der Waals surface area contributed by atoms with E-state index in [1.807, 2.05) is 42.7 Å². The van der Waals surface area contributed by atoms with Crippen LogP contribution in [0.5, 0.6) is 5.75 Å². The fourth-order valence-electron chi connectivity index (χ4n) is 2.81. The van der Waals surface area contributed by atoms with Gasteiger partial charge in [0.15, 0.2) is 5.75 Å². The predicted molar refractivity (Wildman–Crippen MR) is 108 cm³/mol. The second-order valence-electron chi connectivity index (χ2n) is 5.78. The van der Waals surface area contributed by atoms with E-state index in [1.54, 1.807) is 23.9 Å². The minimum Gasteiger partial charge on any atom is -0.384 e. The van der Waals surface area contributed by atoms with E-state index in [-0.39, 0.29) is 17.1 Å². The SMILES string of the molecule is CSc1ccccc1-c1ccc2c(OS(C)(=O)=O)c(C(=N)N)ccc2c1. The smallest absolute Gasteiger partial charge is 0.306 e. The summed E-state index contributed by atoms with van der Waals surface area (Å²) in [4.78, 5) is 1.15. The van der Waals surface area contributed by atoms with Gasteiger partial charge in [0.1, 0.15) is 5.84 Å². The number of hydrogen-bond acceptors (Lipinski definition) is 5. The fourth-order valence-corrected chi connectivity index (χ4v) is 3.91. The number of nitrogen functional groups attached to an aromatic ring is 1. The van der Waals surface area contributed by atoms with Gasteiger partial charge in [-0.25, -0.2) is 0 Å². The lowest BCUT2D eigenvalue weighted by Crippen LogP contribution is -2.15. The fraction of sp³-hybridized carbons (Fsp3) is 0.105. The molecule has 3 aromatic carbocycles. The van der Waals surface area contributed by atoms with E-state index in [9.17, 15) is 8.42 Å². The van der Waals surface area contributed by atoms with Crippen molar-refractivity contribution in [1.82, 2.24) is 0 Å². The average Bonchev–Trinajstić information content (AvgIpc) is 2.60. The van der Waals surface area contributed by atoms with Crippen LogP contribution in [0, 0.1) is 5.41 Å². The first-order chi connectivity index (χ1) is 12.3. The third-order valence-electron chi connectivity index (χ3n) is 3.91. The topological polar surface area (TPSA) is 93.2 Å². The van der Waals surface area contributed by atoms with E-state index in [1.165, 1.54) is 0 Å². The van der Waals surface area contributed by atoms with Gasteiger partial charge in [-0.2, -0.15) is 8.42 Å². The van der Waals surface area contributed by atoms with E-state index < -0.39 is 10.1 Å². The average molecular weight is 386 g/mol. The molecule has 0 aliphatic rings. The van der Waals surface area contributed by atoms with Crippen LogP contribution >= 0.6 is 11.8 Å². The van der Waals surface area contributed by atoms with Gasteiger partial charge < -0.3 is 9.92 Å². The third-order valence-corrected chi connectivity index (χ3v) is 5.18. The summed E-state index contributed by atoms with van der Waals surface area (Å²) in [7, 11) is -3.75. The first-order valence-electron chi connectivity index (χ1n) is 7.74.